The first-order chi connectivity index (χ1) is 7.53. The van der Waals surface area contributed by atoms with Gasteiger partial charge in [0.05, 0.1) is 5.56 Å². The summed E-state index contributed by atoms with van der Waals surface area (Å²) in [4.78, 5) is 0. The zero-order valence-corrected chi connectivity index (χ0v) is 11.9. The highest BCUT2D eigenvalue weighted by Crippen LogP contribution is 2.38. The van der Waals surface area contributed by atoms with Crippen molar-refractivity contribution in [2.45, 2.75) is 33.0 Å². The van der Waals surface area contributed by atoms with E-state index < -0.39 is 17.8 Å². The van der Waals surface area contributed by atoms with E-state index in [2.05, 4.69) is 0 Å². The van der Waals surface area contributed by atoms with Gasteiger partial charge in [0.25, 0.3) is 0 Å². The van der Waals surface area contributed by atoms with Gasteiger partial charge in [-0.1, -0.05) is 32.4 Å². The Hall–Kier alpha value is -0.450. The molecule has 0 radical (unpaired) electrons. The predicted molar refractivity (Wildman–Crippen MR) is 70.1 cm³/mol. The van der Waals surface area contributed by atoms with Crippen molar-refractivity contribution in [2.24, 2.45) is 11.1 Å². The Bertz CT molecular complexity index is 411. The molecule has 0 amide bonds. The number of benzene rings is 1. The first-order valence-electron chi connectivity index (χ1n) is 5.15. The monoisotopic (exact) mass is 301 g/mol. The Kier molecular flexibility index (Phi) is 5.54. The van der Waals surface area contributed by atoms with Crippen molar-refractivity contribution in [1.82, 2.24) is 0 Å². The maximum atomic E-state index is 12.6. The van der Waals surface area contributed by atoms with Crippen molar-refractivity contribution >= 4 is 24.0 Å². The Labute approximate surface area is 116 Å². The van der Waals surface area contributed by atoms with E-state index in [0.717, 1.165) is 12.1 Å². The molecule has 0 aliphatic rings. The Morgan fingerprint density at radius 3 is 2.06 bits per heavy atom. The molecule has 1 aromatic carbocycles. The van der Waals surface area contributed by atoms with Gasteiger partial charge >= 0.3 is 6.18 Å². The molecule has 6 heteroatoms. The zero-order valence-electron chi connectivity index (χ0n) is 10.3. The summed E-state index contributed by atoms with van der Waals surface area (Å²) in [7, 11) is 0. The molecule has 1 rings (SSSR count). The van der Waals surface area contributed by atoms with Gasteiger partial charge in [-0.2, -0.15) is 13.2 Å². The van der Waals surface area contributed by atoms with Crippen molar-refractivity contribution in [1.29, 1.82) is 0 Å². The average molecular weight is 302 g/mol. The maximum Gasteiger partial charge on any atom is 0.416 e. The Balaban J connectivity index is 0.00000289. The third-order valence-corrected chi connectivity index (χ3v) is 2.94. The number of halogens is 5. The van der Waals surface area contributed by atoms with Gasteiger partial charge in [-0.05, 0) is 29.2 Å². The van der Waals surface area contributed by atoms with Crippen molar-refractivity contribution in [3.63, 3.8) is 0 Å². The SMILES string of the molecule is CC(C)(C)[C@@H](N)c1cc(C(F)(F)F)ccc1Cl.Cl. The average Bonchev–Trinajstić information content (AvgIpc) is 2.14. The third-order valence-electron chi connectivity index (χ3n) is 2.59. The molecular formula is C12H16Cl2F3N. The first kappa shape index (κ1) is 17.6. The minimum Gasteiger partial charge on any atom is -0.323 e. The Morgan fingerprint density at radius 2 is 1.67 bits per heavy atom. The molecule has 2 N–H and O–H groups in total. The van der Waals surface area contributed by atoms with Crippen LogP contribution in [0.25, 0.3) is 0 Å². The third kappa shape index (κ3) is 4.04. The lowest BCUT2D eigenvalue weighted by molar-refractivity contribution is -0.137. The van der Waals surface area contributed by atoms with E-state index in [4.69, 9.17) is 17.3 Å². The summed E-state index contributed by atoms with van der Waals surface area (Å²) < 4.78 is 37.7. The molecule has 0 unspecified atom stereocenters. The van der Waals surface area contributed by atoms with Gasteiger partial charge in [0, 0.05) is 11.1 Å². The van der Waals surface area contributed by atoms with Crippen molar-refractivity contribution in [3.8, 4) is 0 Å². The van der Waals surface area contributed by atoms with Crippen molar-refractivity contribution < 1.29 is 13.2 Å². The standard InChI is InChI=1S/C12H15ClF3N.ClH/c1-11(2,3)10(17)8-6-7(12(14,15)16)4-5-9(8)13;/h4-6,10H,17H2,1-3H3;1H/t10-;/m0./s1. The molecule has 0 aliphatic heterocycles. The van der Waals surface area contributed by atoms with Gasteiger partial charge in [-0.3, -0.25) is 0 Å². The fourth-order valence-corrected chi connectivity index (χ4v) is 1.66. The lowest BCUT2D eigenvalue weighted by atomic mass is 9.82. The molecule has 0 saturated carbocycles. The summed E-state index contributed by atoms with van der Waals surface area (Å²) in [6.45, 7) is 5.57. The fourth-order valence-electron chi connectivity index (χ4n) is 1.42. The van der Waals surface area contributed by atoms with Gasteiger partial charge in [0.1, 0.15) is 0 Å². The fraction of sp³-hybridized carbons (Fsp3) is 0.500. The van der Waals surface area contributed by atoms with E-state index >= 15 is 0 Å². The molecule has 0 bridgehead atoms. The van der Waals surface area contributed by atoms with Gasteiger partial charge in [-0.25, -0.2) is 0 Å². The molecule has 0 spiro atoms. The van der Waals surface area contributed by atoms with Crippen molar-refractivity contribution in [2.75, 3.05) is 0 Å². The number of hydrogen-bond acceptors (Lipinski definition) is 1. The van der Waals surface area contributed by atoms with Crippen LogP contribution in [-0.4, -0.2) is 0 Å². The van der Waals surface area contributed by atoms with Crippen LogP contribution in [0.3, 0.4) is 0 Å². The van der Waals surface area contributed by atoms with Crippen LogP contribution in [0.15, 0.2) is 18.2 Å². The second-order valence-electron chi connectivity index (χ2n) is 5.08. The van der Waals surface area contributed by atoms with Crippen LogP contribution in [-0.2, 0) is 6.18 Å². The van der Waals surface area contributed by atoms with Crippen LogP contribution >= 0.6 is 24.0 Å². The second-order valence-corrected chi connectivity index (χ2v) is 5.48. The van der Waals surface area contributed by atoms with E-state index in [1.807, 2.05) is 20.8 Å². The van der Waals surface area contributed by atoms with E-state index in [-0.39, 0.29) is 22.8 Å². The Morgan fingerprint density at radius 1 is 1.17 bits per heavy atom. The molecule has 1 aromatic rings. The summed E-state index contributed by atoms with van der Waals surface area (Å²) in [5.41, 5.74) is 5.18. The largest absolute Gasteiger partial charge is 0.416 e. The number of hydrogen-bond donors (Lipinski definition) is 1. The van der Waals surface area contributed by atoms with Crippen LogP contribution in [0.4, 0.5) is 13.2 Å². The second kappa shape index (κ2) is 5.68. The highest BCUT2D eigenvalue weighted by atomic mass is 35.5. The first-order valence-corrected chi connectivity index (χ1v) is 5.53. The summed E-state index contributed by atoms with van der Waals surface area (Å²) >= 11 is 5.90. The van der Waals surface area contributed by atoms with Gasteiger partial charge in [-0.15, -0.1) is 12.4 Å². The summed E-state index contributed by atoms with van der Waals surface area (Å²) in [5, 5.41) is 0.264. The van der Waals surface area contributed by atoms with Gasteiger partial charge < -0.3 is 5.73 Å². The highest BCUT2D eigenvalue weighted by Gasteiger charge is 2.33. The smallest absolute Gasteiger partial charge is 0.323 e. The summed E-state index contributed by atoms with van der Waals surface area (Å²) in [5.74, 6) is 0. The molecule has 18 heavy (non-hydrogen) atoms. The zero-order chi connectivity index (χ0) is 13.4. The van der Waals surface area contributed by atoms with E-state index in [9.17, 15) is 13.2 Å². The number of rotatable bonds is 1. The minimum atomic E-state index is -4.38. The molecule has 0 fully saturated rings. The van der Waals surface area contributed by atoms with Crippen LogP contribution in [0.1, 0.15) is 37.9 Å². The molecule has 0 heterocycles. The normalized spacial score (nSPS) is 14.0. The quantitative estimate of drug-likeness (QED) is 0.790. The summed E-state index contributed by atoms with van der Waals surface area (Å²) in [6, 6.07) is 2.68. The van der Waals surface area contributed by atoms with Crippen LogP contribution in [0, 0.1) is 5.41 Å². The number of alkyl halides is 3. The highest BCUT2D eigenvalue weighted by molar-refractivity contribution is 6.31. The minimum absolute atomic E-state index is 0. The summed E-state index contributed by atoms with van der Waals surface area (Å²) in [6.07, 6.45) is -4.38. The maximum absolute atomic E-state index is 12.6. The lowest BCUT2D eigenvalue weighted by Gasteiger charge is -2.28. The van der Waals surface area contributed by atoms with Crippen LogP contribution in [0.5, 0.6) is 0 Å². The van der Waals surface area contributed by atoms with Crippen molar-refractivity contribution in [3.05, 3.63) is 34.3 Å². The van der Waals surface area contributed by atoms with Gasteiger partial charge in [0.2, 0.25) is 0 Å². The molecular weight excluding hydrogens is 286 g/mol. The topological polar surface area (TPSA) is 26.0 Å². The number of nitrogens with two attached hydrogens (primary N) is 1. The van der Waals surface area contributed by atoms with Gasteiger partial charge in [0.15, 0.2) is 0 Å². The van der Waals surface area contributed by atoms with E-state index in [1.165, 1.54) is 6.07 Å². The molecule has 0 saturated heterocycles. The van der Waals surface area contributed by atoms with Crippen LogP contribution in [0.2, 0.25) is 5.02 Å². The van der Waals surface area contributed by atoms with Crippen LogP contribution < -0.4 is 5.73 Å². The molecule has 1 nitrogen and oxygen atoms in total. The molecule has 1 atom stereocenters. The molecule has 0 aliphatic carbocycles. The lowest BCUT2D eigenvalue weighted by Crippen LogP contribution is -2.27. The molecule has 104 valence electrons. The van der Waals surface area contributed by atoms with E-state index in [0.29, 0.717) is 5.56 Å². The van der Waals surface area contributed by atoms with E-state index in [1.54, 1.807) is 0 Å². The molecule has 0 aromatic heterocycles. The predicted octanol–water partition coefficient (Wildman–Crippen LogP) is 4.83.